The van der Waals surface area contributed by atoms with Crippen LogP contribution in [-0.2, 0) is 4.74 Å². The average molecular weight is 238 g/mol. The van der Waals surface area contributed by atoms with Gasteiger partial charge in [-0.2, -0.15) is 0 Å². The number of rotatable bonds is 4. The lowest BCUT2D eigenvalue weighted by molar-refractivity contribution is 0.134. The van der Waals surface area contributed by atoms with Crippen LogP contribution in [0.15, 0.2) is 24.3 Å². The molecule has 1 saturated heterocycles. The third-order valence-corrected chi connectivity index (χ3v) is 3.45. The van der Waals surface area contributed by atoms with Crippen LogP contribution in [0.1, 0.15) is 18.0 Å². The van der Waals surface area contributed by atoms with Crippen LogP contribution in [0, 0.1) is 5.82 Å². The lowest BCUT2D eigenvalue weighted by Crippen LogP contribution is -2.38. The van der Waals surface area contributed by atoms with E-state index in [1.165, 1.54) is 12.1 Å². The first kappa shape index (κ1) is 12.5. The third-order valence-electron chi connectivity index (χ3n) is 3.45. The minimum absolute atomic E-state index is 0.127. The Morgan fingerprint density at radius 3 is 2.71 bits per heavy atom. The molecule has 2 unspecified atom stereocenters. The highest BCUT2D eigenvalue weighted by Gasteiger charge is 2.26. The summed E-state index contributed by atoms with van der Waals surface area (Å²) in [6.07, 6.45) is 1.04. The molecule has 1 aliphatic rings. The summed E-state index contributed by atoms with van der Waals surface area (Å²) >= 11 is 0. The molecule has 2 atom stereocenters. The summed E-state index contributed by atoms with van der Waals surface area (Å²) in [5, 5.41) is 0. The smallest absolute Gasteiger partial charge is 0.123 e. The van der Waals surface area contributed by atoms with Crippen LogP contribution in [0.4, 0.5) is 4.39 Å². The van der Waals surface area contributed by atoms with Gasteiger partial charge in [-0.3, -0.25) is 4.90 Å². The fourth-order valence-electron chi connectivity index (χ4n) is 2.32. The lowest BCUT2D eigenvalue weighted by Gasteiger charge is -2.31. The van der Waals surface area contributed by atoms with Crippen molar-refractivity contribution in [2.75, 3.05) is 26.8 Å². The molecule has 1 aromatic rings. The summed E-state index contributed by atoms with van der Waals surface area (Å²) < 4.78 is 18.3. The summed E-state index contributed by atoms with van der Waals surface area (Å²) in [7, 11) is 2.06. The molecule has 17 heavy (non-hydrogen) atoms. The van der Waals surface area contributed by atoms with Crippen LogP contribution < -0.4 is 5.73 Å². The predicted molar refractivity (Wildman–Crippen MR) is 65.2 cm³/mol. The van der Waals surface area contributed by atoms with E-state index in [1.54, 1.807) is 12.1 Å². The van der Waals surface area contributed by atoms with E-state index in [0.29, 0.717) is 12.6 Å². The monoisotopic (exact) mass is 238 g/mol. The molecule has 0 saturated carbocycles. The van der Waals surface area contributed by atoms with Gasteiger partial charge in [-0.15, -0.1) is 0 Å². The summed E-state index contributed by atoms with van der Waals surface area (Å²) in [5.74, 6) is -0.212. The van der Waals surface area contributed by atoms with Crippen LogP contribution >= 0.6 is 0 Å². The lowest BCUT2D eigenvalue weighted by atomic mass is 10.0. The molecule has 3 nitrogen and oxygen atoms in total. The van der Waals surface area contributed by atoms with Crippen LogP contribution in [0.2, 0.25) is 0 Å². The molecule has 0 radical (unpaired) electrons. The summed E-state index contributed by atoms with van der Waals surface area (Å²) in [4.78, 5) is 2.24. The highest BCUT2D eigenvalue weighted by molar-refractivity contribution is 5.20. The van der Waals surface area contributed by atoms with Gasteiger partial charge in [0, 0.05) is 25.2 Å². The first-order valence-corrected chi connectivity index (χ1v) is 5.97. The first-order chi connectivity index (χ1) is 8.22. The van der Waals surface area contributed by atoms with Crippen molar-refractivity contribution in [3.63, 3.8) is 0 Å². The number of hydrogen-bond acceptors (Lipinski definition) is 3. The highest BCUT2D eigenvalue weighted by Crippen LogP contribution is 2.24. The fraction of sp³-hybridized carbons (Fsp3) is 0.538. The van der Waals surface area contributed by atoms with E-state index in [4.69, 9.17) is 10.5 Å². The SMILES string of the molecule is CN(C1CCOC1)C(CN)c1ccc(F)cc1. The van der Waals surface area contributed by atoms with Crippen molar-refractivity contribution in [1.82, 2.24) is 4.90 Å². The van der Waals surface area contributed by atoms with Crippen LogP contribution in [0.5, 0.6) is 0 Å². The van der Waals surface area contributed by atoms with Gasteiger partial charge in [-0.25, -0.2) is 4.39 Å². The molecular formula is C13H19FN2O. The molecule has 0 aromatic heterocycles. The Morgan fingerprint density at radius 2 is 2.18 bits per heavy atom. The second kappa shape index (κ2) is 5.58. The van der Waals surface area contributed by atoms with Crippen molar-refractivity contribution < 1.29 is 9.13 Å². The van der Waals surface area contributed by atoms with Gasteiger partial charge in [-0.1, -0.05) is 12.1 Å². The summed E-state index contributed by atoms with van der Waals surface area (Å²) in [6, 6.07) is 7.11. The summed E-state index contributed by atoms with van der Waals surface area (Å²) in [5.41, 5.74) is 6.89. The van der Waals surface area contributed by atoms with Gasteiger partial charge in [0.2, 0.25) is 0 Å². The average Bonchev–Trinajstić information content (AvgIpc) is 2.86. The minimum atomic E-state index is -0.212. The molecule has 94 valence electrons. The highest BCUT2D eigenvalue weighted by atomic mass is 19.1. The van der Waals surface area contributed by atoms with Crippen molar-refractivity contribution in [2.45, 2.75) is 18.5 Å². The molecule has 0 spiro atoms. The Labute approximate surface area is 101 Å². The number of nitrogens with zero attached hydrogens (tertiary/aromatic N) is 1. The second-order valence-electron chi connectivity index (χ2n) is 4.49. The van der Waals surface area contributed by atoms with Gasteiger partial charge in [0.1, 0.15) is 5.82 Å². The minimum Gasteiger partial charge on any atom is -0.380 e. The molecule has 2 N–H and O–H groups in total. The maximum absolute atomic E-state index is 12.9. The largest absolute Gasteiger partial charge is 0.380 e. The van der Waals surface area contributed by atoms with Gasteiger partial charge in [0.15, 0.2) is 0 Å². The molecule has 4 heteroatoms. The zero-order chi connectivity index (χ0) is 12.3. The molecular weight excluding hydrogens is 219 g/mol. The topological polar surface area (TPSA) is 38.5 Å². The van der Waals surface area contributed by atoms with Gasteiger partial charge in [0.05, 0.1) is 6.61 Å². The van der Waals surface area contributed by atoms with Crippen LogP contribution in [0.3, 0.4) is 0 Å². The third kappa shape index (κ3) is 2.83. The first-order valence-electron chi connectivity index (χ1n) is 5.97. The van der Waals surface area contributed by atoms with Gasteiger partial charge < -0.3 is 10.5 Å². The number of benzene rings is 1. The van der Waals surface area contributed by atoms with Crippen molar-refractivity contribution >= 4 is 0 Å². The molecule has 1 aliphatic heterocycles. The number of nitrogens with two attached hydrogens (primary N) is 1. The Hall–Kier alpha value is -0.970. The van der Waals surface area contributed by atoms with Crippen molar-refractivity contribution in [3.8, 4) is 0 Å². The fourth-order valence-corrected chi connectivity index (χ4v) is 2.32. The Morgan fingerprint density at radius 1 is 1.47 bits per heavy atom. The molecule has 1 heterocycles. The van der Waals surface area contributed by atoms with Crippen molar-refractivity contribution in [1.29, 1.82) is 0 Å². The van der Waals surface area contributed by atoms with Gasteiger partial charge >= 0.3 is 0 Å². The second-order valence-corrected chi connectivity index (χ2v) is 4.49. The maximum atomic E-state index is 12.9. The Balaban J connectivity index is 2.11. The zero-order valence-corrected chi connectivity index (χ0v) is 10.1. The van der Waals surface area contributed by atoms with E-state index in [2.05, 4.69) is 11.9 Å². The molecule has 2 rings (SSSR count). The van der Waals surface area contributed by atoms with E-state index in [1.807, 2.05) is 0 Å². The van der Waals surface area contributed by atoms with E-state index >= 15 is 0 Å². The normalized spacial score (nSPS) is 22.0. The van der Waals surface area contributed by atoms with Gasteiger partial charge in [-0.05, 0) is 31.2 Å². The Kier molecular flexibility index (Phi) is 4.10. The number of hydrogen-bond donors (Lipinski definition) is 1. The number of likely N-dealkylation sites (N-methyl/N-ethyl adjacent to an activating group) is 1. The van der Waals surface area contributed by atoms with Crippen LogP contribution in [0.25, 0.3) is 0 Å². The number of ether oxygens (including phenoxy) is 1. The molecule has 0 amide bonds. The van der Waals surface area contributed by atoms with Crippen molar-refractivity contribution in [3.05, 3.63) is 35.6 Å². The van der Waals surface area contributed by atoms with Crippen LogP contribution in [-0.4, -0.2) is 37.7 Å². The maximum Gasteiger partial charge on any atom is 0.123 e. The Bertz CT molecular complexity index is 349. The molecule has 0 aliphatic carbocycles. The van der Waals surface area contributed by atoms with E-state index in [9.17, 15) is 4.39 Å². The number of halogens is 1. The molecule has 1 fully saturated rings. The quantitative estimate of drug-likeness (QED) is 0.865. The van der Waals surface area contributed by atoms with E-state index in [-0.39, 0.29) is 11.9 Å². The van der Waals surface area contributed by atoms with Gasteiger partial charge in [0.25, 0.3) is 0 Å². The molecule has 0 bridgehead atoms. The summed E-state index contributed by atoms with van der Waals surface area (Å²) in [6.45, 7) is 2.10. The zero-order valence-electron chi connectivity index (χ0n) is 10.1. The van der Waals surface area contributed by atoms with E-state index < -0.39 is 0 Å². The molecule has 1 aromatic carbocycles. The van der Waals surface area contributed by atoms with Crippen molar-refractivity contribution in [2.24, 2.45) is 5.73 Å². The predicted octanol–water partition coefficient (Wildman–Crippen LogP) is 1.55. The standard InChI is InChI=1S/C13H19FN2O/c1-16(12-6-7-17-9-12)13(8-15)10-2-4-11(14)5-3-10/h2-5,12-13H,6-9,15H2,1H3. The van der Waals surface area contributed by atoms with E-state index in [0.717, 1.165) is 25.2 Å².